The van der Waals surface area contributed by atoms with Gasteiger partial charge in [-0.2, -0.15) is 5.10 Å². The molecule has 0 bridgehead atoms. The van der Waals surface area contributed by atoms with Crippen LogP contribution in [-0.4, -0.2) is 41.3 Å². The highest BCUT2D eigenvalue weighted by Crippen LogP contribution is 2.19. The molecule has 2 amide bonds. The maximum absolute atomic E-state index is 12.5. The second-order valence-electron chi connectivity index (χ2n) is 4.61. The lowest BCUT2D eigenvalue weighted by atomic mass is 10.1. The van der Waals surface area contributed by atoms with Crippen LogP contribution in [0.4, 0.5) is 10.1 Å². The van der Waals surface area contributed by atoms with E-state index in [4.69, 9.17) is 5.11 Å². The number of aliphatic carboxylic acids is 1. The number of carbonyl (C=O) groups excluding carboxylic acids is 2. The monoisotopic (exact) mass is 307 g/mol. The largest absolute Gasteiger partial charge is 0.480 e. The molecule has 0 radical (unpaired) electrons. The first-order valence-corrected chi connectivity index (χ1v) is 6.58. The van der Waals surface area contributed by atoms with E-state index in [0.29, 0.717) is 5.69 Å². The summed E-state index contributed by atoms with van der Waals surface area (Å²) in [4.78, 5) is 34.6. The summed E-state index contributed by atoms with van der Waals surface area (Å²) >= 11 is 0. The number of hydrazone groups is 1. The van der Waals surface area contributed by atoms with Crippen molar-refractivity contribution in [3.63, 3.8) is 0 Å². The number of hydrogen-bond acceptors (Lipinski definition) is 4. The minimum atomic E-state index is -1.63. The predicted molar refractivity (Wildman–Crippen MR) is 76.1 cm³/mol. The number of hydrogen-bond donors (Lipinski definition) is 2. The number of alkyl halides is 1. The summed E-state index contributed by atoms with van der Waals surface area (Å²) in [7, 11) is 0. The molecule has 1 heterocycles. The van der Waals surface area contributed by atoms with Crippen molar-refractivity contribution in [2.75, 3.05) is 11.7 Å². The van der Waals surface area contributed by atoms with Crippen LogP contribution in [0.15, 0.2) is 35.4 Å². The van der Waals surface area contributed by atoms with Gasteiger partial charge in [0.25, 0.3) is 5.91 Å². The Bertz CT molecular complexity index is 618. The van der Waals surface area contributed by atoms with Gasteiger partial charge in [0, 0.05) is 12.8 Å². The summed E-state index contributed by atoms with van der Waals surface area (Å²) < 4.78 is 12.5. The van der Waals surface area contributed by atoms with Crippen molar-refractivity contribution in [3.8, 4) is 0 Å². The van der Waals surface area contributed by atoms with Gasteiger partial charge in [-0.3, -0.25) is 9.59 Å². The Morgan fingerprint density at radius 1 is 1.32 bits per heavy atom. The molecule has 0 aromatic heterocycles. The third-order valence-corrected chi connectivity index (χ3v) is 3.05. The van der Waals surface area contributed by atoms with E-state index in [9.17, 15) is 18.8 Å². The normalized spacial score (nSPS) is 16.0. The fourth-order valence-electron chi connectivity index (χ4n) is 1.90. The molecule has 1 aromatic carbocycles. The van der Waals surface area contributed by atoms with Crippen LogP contribution in [0, 0.1) is 0 Å². The molecule has 1 aliphatic rings. The number of anilines is 1. The Labute approximate surface area is 125 Å². The second kappa shape index (κ2) is 6.79. The predicted octanol–water partition coefficient (Wildman–Crippen LogP) is 0.708. The van der Waals surface area contributed by atoms with Crippen LogP contribution >= 0.6 is 0 Å². The molecule has 1 aliphatic heterocycles. The van der Waals surface area contributed by atoms with Crippen LogP contribution in [0.3, 0.4) is 0 Å². The number of carboxylic acid groups (broad SMARTS) is 1. The minimum absolute atomic E-state index is 0.0110. The number of rotatable bonds is 5. The van der Waals surface area contributed by atoms with E-state index >= 15 is 0 Å². The van der Waals surface area contributed by atoms with Gasteiger partial charge in [0.1, 0.15) is 12.4 Å². The average Bonchev–Trinajstić information content (AvgIpc) is 2.53. The quantitative estimate of drug-likeness (QED) is 0.836. The summed E-state index contributed by atoms with van der Waals surface area (Å²) in [6.45, 7) is -1.23. The van der Waals surface area contributed by atoms with Gasteiger partial charge >= 0.3 is 5.97 Å². The molecule has 8 heteroatoms. The zero-order valence-electron chi connectivity index (χ0n) is 11.5. The van der Waals surface area contributed by atoms with Crippen molar-refractivity contribution in [3.05, 3.63) is 30.3 Å². The second-order valence-corrected chi connectivity index (χ2v) is 4.61. The molecule has 1 unspecified atom stereocenters. The molecule has 0 aliphatic carbocycles. The van der Waals surface area contributed by atoms with Gasteiger partial charge in [0.05, 0.1) is 5.69 Å². The fraction of sp³-hybridized carbons (Fsp3) is 0.286. The van der Waals surface area contributed by atoms with Crippen molar-refractivity contribution >= 4 is 29.2 Å². The van der Waals surface area contributed by atoms with Crippen molar-refractivity contribution in [1.29, 1.82) is 0 Å². The summed E-state index contributed by atoms with van der Waals surface area (Å²) in [5, 5.41) is 15.8. The fourth-order valence-corrected chi connectivity index (χ4v) is 1.90. The molecule has 0 fully saturated rings. The smallest absolute Gasteiger partial charge is 0.328 e. The third-order valence-electron chi connectivity index (χ3n) is 3.05. The lowest BCUT2D eigenvalue weighted by Crippen LogP contribution is -2.47. The maximum atomic E-state index is 12.5. The van der Waals surface area contributed by atoms with Crippen LogP contribution in [0.25, 0.3) is 0 Å². The summed E-state index contributed by atoms with van der Waals surface area (Å²) in [6.07, 6.45) is 0.140. The Morgan fingerprint density at radius 2 is 2.00 bits per heavy atom. The van der Waals surface area contributed by atoms with E-state index in [1.807, 2.05) is 5.32 Å². The Balaban J connectivity index is 2.18. The van der Waals surface area contributed by atoms with Crippen LogP contribution in [0.2, 0.25) is 0 Å². The van der Waals surface area contributed by atoms with Gasteiger partial charge in [-0.1, -0.05) is 18.2 Å². The van der Waals surface area contributed by atoms with Crippen molar-refractivity contribution < 1.29 is 23.9 Å². The number of nitrogens with one attached hydrogen (secondary N) is 1. The highest BCUT2D eigenvalue weighted by molar-refractivity contribution is 6.40. The molecule has 0 spiro atoms. The molecule has 7 nitrogen and oxygen atoms in total. The van der Waals surface area contributed by atoms with E-state index < -0.39 is 24.6 Å². The maximum Gasteiger partial charge on any atom is 0.328 e. The molecule has 0 saturated carbocycles. The first-order valence-electron chi connectivity index (χ1n) is 6.58. The number of para-hydroxylation sites is 1. The Morgan fingerprint density at radius 3 is 2.59 bits per heavy atom. The zero-order chi connectivity index (χ0) is 16.1. The summed E-state index contributed by atoms with van der Waals surface area (Å²) in [5.74, 6) is -2.54. The van der Waals surface area contributed by atoms with Crippen LogP contribution < -0.4 is 10.3 Å². The summed E-state index contributed by atoms with van der Waals surface area (Å²) in [5.41, 5.74) is 0.487. The Kier molecular flexibility index (Phi) is 4.82. The van der Waals surface area contributed by atoms with E-state index in [0.717, 1.165) is 5.01 Å². The molecule has 2 N–H and O–H groups in total. The molecule has 2 rings (SSSR count). The SMILES string of the molecule is O=C(NC(CF)C(=O)O)C1=NN(c2ccccc2)C(=O)CC1. The highest BCUT2D eigenvalue weighted by Gasteiger charge is 2.28. The molecule has 0 saturated heterocycles. The van der Waals surface area contributed by atoms with Crippen LogP contribution in [0.5, 0.6) is 0 Å². The molecule has 22 heavy (non-hydrogen) atoms. The van der Waals surface area contributed by atoms with Gasteiger partial charge in [0.15, 0.2) is 6.04 Å². The van der Waals surface area contributed by atoms with Crippen molar-refractivity contribution in [2.45, 2.75) is 18.9 Å². The molecule has 116 valence electrons. The van der Waals surface area contributed by atoms with E-state index in [1.54, 1.807) is 30.3 Å². The number of carbonyl (C=O) groups is 3. The lowest BCUT2D eigenvalue weighted by molar-refractivity contribution is -0.141. The first-order chi connectivity index (χ1) is 10.5. The van der Waals surface area contributed by atoms with Crippen molar-refractivity contribution in [2.24, 2.45) is 5.10 Å². The van der Waals surface area contributed by atoms with E-state index in [-0.39, 0.29) is 24.5 Å². The summed E-state index contributed by atoms with van der Waals surface area (Å²) in [6, 6.07) is 6.89. The minimum Gasteiger partial charge on any atom is -0.480 e. The van der Waals surface area contributed by atoms with Gasteiger partial charge in [-0.05, 0) is 12.1 Å². The molecular weight excluding hydrogens is 293 g/mol. The zero-order valence-corrected chi connectivity index (χ0v) is 11.5. The van der Waals surface area contributed by atoms with Gasteiger partial charge < -0.3 is 10.4 Å². The van der Waals surface area contributed by atoms with Crippen LogP contribution in [0.1, 0.15) is 12.8 Å². The number of benzene rings is 1. The highest BCUT2D eigenvalue weighted by atomic mass is 19.1. The topological polar surface area (TPSA) is 99.1 Å². The van der Waals surface area contributed by atoms with Gasteiger partial charge in [-0.15, -0.1) is 0 Å². The van der Waals surface area contributed by atoms with Gasteiger partial charge in [-0.25, -0.2) is 14.2 Å². The Hall–Kier alpha value is -2.77. The third kappa shape index (κ3) is 3.46. The number of carboxylic acids is 1. The van der Waals surface area contributed by atoms with E-state index in [2.05, 4.69) is 5.10 Å². The lowest BCUT2D eigenvalue weighted by Gasteiger charge is -2.23. The molecule has 1 atom stereocenters. The number of nitrogens with zero attached hydrogens (tertiary/aromatic N) is 2. The number of amides is 2. The van der Waals surface area contributed by atoms with Crippen LogP contribution in [-0.2, 0) is 14.4 Å². The molecular formula is C14H14FN3O4. The van der Waals surface area contributed by atoms with E-state index in [1.165, 1.54) is 0 Å². The van der Waals surface area contributed by atoms with Crippen molar-refractivity contribution in [1.82, 2.24) is 5.32 Å². The average molecular weight is 307 g/mol. The standard InChI is InChI=1S/C14H14FN3O4/c15-8-11(14(21)22)16-13(20)10-6-7-12(19)18(17-10)9-4-2-1-3-5-9/h1-5,11H,6-8H2,(H,16,20)(H,21,22). The number of halogens is 1. The molecule has 1 aromatic rings. The van der Waals surface area contributed by atoms with Gasteiger partial charge in [0.2, 0.25) is 5.91 Å². The first kappa shape index (κ1) is 15.6.